The maximum Gasteiger partial charge on any atom is 0.242 e. The first-order valence-corrected chi connectivity index (χ1v) is 11.2. The topological polar surface area (TPSA) is 100 Å². The molecule has 4 aromatic rings. The molecule has 8 heteroatoms. The average Bonchev–Trinajstić information content (AvgIpc) is 3.16. The molecule has 3 aromatic heterocycles. The molecule has 4 heterocycles. The normalized spacial score (nSPS) is 17.8. The molecule has 0 amide bonds. The number of anilines is 1. The van der Waals surface area contributed by atoms with E-state index in [4.69, 9.17) is 0 Å². The lowest BCUT2D eigenvalue weighted by molar-refractivity contribution is 0.170. The molecule has 0 saturated carbocycles. The van der Waals surface area contributed by atoms with Gasteiger partial charge in [-0.15, -0.1) is 10.2 Å². The highest BCUT2D eigenvalue weighted by molar-refractivity contribution is 5.73. The van der Waals surface area contributed by atoms with Crippen LogP contribution >= 0.6 is 0 Å². The van der Waals surface area contributed by atoms with Gasteiger partial charge in [-0.2, -0.15) is 0 Å². The summed E-state index contributed by atoms with van der Waals surface area (Å²) in [7, 11) is 0. The second-order valence-electron chi connectivity index (χ2n) is 10.1. The Labute approximate surface area is 193 Å². The lowest BCUT2D eigenvalue weighted by Crippen LogP contribution is -2.60. The van der Waals surface area contributed by atoms with Crippen LogP contribution in [0.3, 0.4) is 0 Å². The molecular formula is C25H29N7O. The van der Waals surface area contributed by atoms with Crippen LogP contribution in [-0.2, 0) is 0 Å². The highest BCUT2D eigenvalue weighted by Crippen LogP contribution is 2.33. The molecule has 0 spiro atoms. The minimum atomic E-state index is 0.0290. The second-order valence-corrected chi connectivity index (χ2v) is 10.1. The van der Waals surface area contributed by atoms with Crippen molar-refractivity contribution in [1.29, 1.82) is 0 Å². The Morgan fingerprint density at radius 3 is 2.48 bits per heavy atom. The molecule has 0 bridgehead atoms. The maximum atomic E-state index is 10.7. The smallest absolute Gasteiger partial charge is 0.242 e. The van der Waals surface area contributed by atoms with Crippen LogP contribution < -0.4 is 10.6 Å². The average molecular weight is 444 g/mol. The van der Waals surface area contributed by atoms with Crippen molar-refractivity contribution in [3.05, 3.63) is 55.0 Å². The van der Waals surface area contributed by atoms with Crippen molar-refractivity contribution in [3.8, 4) is 28.3 Å². The Balaban J connectivity index is 1.34. The highest BCUT2D eigenvalue weighted by Gasteiger charge is 2.37. The van der Waals surface area contributed by atoms with E-state index in [1.165, 1.54) is 0 Å². The quantitative estimate of drug-likeness (QED) is 0.433. The summed E-state index contributed by atoms with van der Waals surface area (Å²) in [5.41, 5.74) is 3.64. The van der Waals surface area contributed by atoms with Crippen molar-refractivity contribution in [3.63, 3.8) is 0 Å². The largest absolute Gasteiger partial charge is 0.507 e. The molecule has 1 aliphatic heterocycles. The Kier molecular flexibility index (Phi) is 5.05. The zero-order valence-corrected chi connectivity index (χ0v) is 19.4. The molecule has 1 aromatic carbocycles. The van der Waals surface area contributed by atoms with Gasteiger partial charge in [0, 0.05) is 40.6 Å². The van der Waals surface area contributed by atoms with Crippen LogP contribution in [0.15, 0.2) is 55.0 Å². The molecule has 0 radical (unpaired) electrons. The fourth-order valence-electron chi connectivity index (χ4n) is 5.05. The van der Waals surface area contributed by atoms with E-state index in [1.54, 1.807) is 12.3 Å². The van der Waals surface area contributed by atoms with Gasteiger partial charge < -0.3 is 20.1 Å². The van der Waals surface area contributed by atoms with E-state index in [-0.39, 0.29) is 22.9 Å². The predicted molar refractivity (Wildman–Crippen MR) is 129 cm³/mol. The summed E-state index contributed by atoms with van der Waals surface area (Å²) in [6.07, 6.45) is 7.46. The molecule has 0 atom stereocenters. The fraction of sp³-hybridized carbons (Fsp3) is 0.360. The Morgan fingerprint density at radius 2 is 1.82 bits per heavy atom. The third-order valence-electron chi connectivity index (χ3n) is 6.02. The maximum absolute atomic E-state index is 10.7. The zero-order valence-electron chi connectivity index (χ0n) is 19.4. The summed E-state index contributed by atoms with van der Waals surface area (Å²) >= 11 is 0. The number of nitrogens with one attached hydrogen (secondary N) is 2. The van der Waals surface area contributed by atoms with Crippen LogP contribution in [0.5, 0.6) is 5.75 Å². The van der Waals surface area contributed by atoms with E-state index in [0.717, 1.165) is 29.7 Å². The number of benzene rings is 1. The third kappa shape index (κ3) is 4.52. The number of phenols is 1. The summed E-state index contributed by atoms with van der Waals surface area (Å²) in [6, 6.07) is 11.5. The molecule has 1 saturated heterocycles. The van der Waals surface area contributed by atoms with E-state index in [0.29, 0.717) is 17.2 Å². The van der Waals surface area contributed by atoms with Gasteiger partial charge in [-0.3, -0.25) is 0 Å². The summed E-state index contributed by atoms with van der Waals surface area (Å²) < 4.78 is 1.95. The zero-order chi connectivity index (χ0) is 23.2. The minimum Gasteiger partial charge on any atom is -0.507 e. The van der Waals surface area contributed by atoms with Crippen molar-refractivity contribution in [2.75, 3.05) is 5.32 Å². The molecule has 33 heavy (non-hydrogen) atoms. The van der Waals surface area contributed by atoms with Gasteiger partial charge in [0.2, 0.25) is 5.95 Å². The lowest BCUT2D eigenvalue weighted by atomic mass is 9.80. The van der Waals surface area contributed by atoms with Crippen LogP contribution in [-0.4, -0.2) is 46.8 Å². The first kappa shape index (κ1) is 21.3. The monoisotopic (exact) mass is 443 g/mol. The van der Waals surface area contributed by atoms with Gasteiger partial charge in [0.25, 0.3) is 0 Å². The number of phenolic OH excluding ortho intramolecular Hbond substituents is 1. The molecule has 1 fully saturated rings. The molecule has 0 unspecified atom stereocenters. The number of fused-ring (bicyclic) bond motifs is 1. The standard InChI is InChI=1S/C25H29N7O/c1-24(2)12-17(13-25(3,4)31-24)27-23-26-14-19(29-30-23)18-9-8-16(11-21(18)33)20-15-32-10-6-5-7-22(32)28-20/h5-11,14-15,17,31,33H,12-13H2,1-4H3,(H,26,27,30). The van der Waals surface area contributed by atoms with E-state index in [2.05, 4.69) is 58.5 Å². The van der Waals surface area contributed by atoms with Gasteiger partial charge in [-0.25, -0.2) is 9.97 Å². The van der Waals surface area contributed by atoms with E-state index < -0.39 is 0 Å². The Morgan fingerprint density at radius 1 is 1.03 bits per heavy atom. The minimum absolute atomic E-state index is 0.0290. The second kappa shape index (κ2) is 7.81. The molecule has 0 aliphatic carbocycles. The molecule has 8 nitrogen and oxygen atoms in total. The number of aromatic hydroxyl groups is 1. The van der Waals surface area contributed by atoms with Crippen molar-refractivity contribution < 1.29 is 5.11 Å². The van der Waals surface area contributed by atoms with Gasteiger partial charge in [-0.05, 0) is 64.8 Å². The van der Waals surface area contributed by atoms with E-state index >= 15 is 0 Å². The summed E-state index contributed by atoms with van der Waals surface area (Å²) in [4.78, 5) is 9.08. The van der Waals surface area contributed by atoms with Crippen LogP contribution in [0.25, 0.3) is 28.2 Å². The number of hydrogen-bond acceptors (Lipinski definition) is 7. The fourth-order valence-corrected chi connectivity index (χ4v) is 5.05. The highest BCUT2D eigenvalue weighted by atomic mass is 16.3. The van der Waals surface area contributed by atoms with Crippen LogP contribution in [0, 0.1) is 0 Å². The van der Waals surface area contributed by atoms with Gasteiger partial charge >= 0.3 is 0 Å². The van der Waals surface area contributed by atoms with Gasteiger partial charge in [0.15, 0.2) is 0 Å². The van der Waals surface area contributed by atoms with Gasteiger partial charge in [0.05, 0.1) is 11.9 Å². The Hall–Kier alpha value is -3.52. The number of piperidine rings is 1. The van der Waals surface area contributed by atoms with Gasteiger partial charge in [0.1, 0.15) is 17.1 Å². The SMILES string of the molecule is CC1(C)CC(Nc2ncc(-c3ccc(-c4cn5ccccc5n4)cc3O)nn2)CC(C)(C)N1. The number of aromatic nitrogens is 5. The molecular weight excluding hydrogens is 414 g/mol. The Bertz CT molecular complexity index is 1240. The number of pyridine rings is 1. The number of nitrogens with zero attached hydrogens (tertiary/aromatic N) is 5. The number of rotatable bonds is 4. The predicted octanol–water partition coefficient (Wildman–Crippen LogP) is 4.28. The summed E-state index contributed by atoms with van der Waals surface area (Å²) in [5.74, 6) is 0.612. The third-order valence-corrected chi connectivity index (χ3v) is 6.02. The van der Waals surface area contributed by atoms with Crippen molar-refractivity contribution in [2.24, 2.45) is 0 Å². The molecule has 5 rings (SSSR count). The first-order chi connectivity index (χ1) is 15.7. The first-order valence-electron chi connectivity index (χ1n) is 11.2. The van der Waals surface area contributed by atoms with Crippen molar-refractivity contribution in [2.45, 2.75) is 57.7 Å². The molecule has 1 aliphatic rings. The molecule has 3 N–H and O–H groups in total. The molecule has 170 valence electrons. The summed E-state index contributed by atoms with van der Waals surface area (Å²) in [5, 5.41) is 26.4. The lowest BCUT2D eigenvalue weighted by Gasteiger charge is -2.46. The van der Waals surface area contributed by atoms with E-state index in [1.807, 2.05) is 47.1 Å². The van der Waals surface area contributed by atoms with Crippen molar-refractivity contribution >= 4 is 11.6 Å². The van der Waals surface area contributed by atoms with Crippen molar-refractivity contribution in [1.82, 2.24) is 29.9 Å². The van der Waals surface area contributed by atoms with Crippen LogP contribution in [0.4, 0.5) is 5.95 Å². The number of hydrogen-bond donors (Lipinski definition) is 3. The number of imidazole rings is 1. The van der Waals surface area contributed by atoms with Crippen LogP contribution in [0.2, 0.25) is 0 Å². The van der Waals surface area contributed by atoms with E-state index in [9.17, 15) is 5.11 Å². The summed E-state index contributed by atoms with van der Waals surface area (Å²) in [6.45, 7) is 8.85. The van der Waals surface area contributed by atoms with Gasteiger partial charge in [-0.1, -0.05) is 12.1 Å². The van der Waals surface area contributed by atoms with Crippen LogP contribution in [0.1, 0.15) is 40.5 Å².